The maximum Gasteiger partial charge on any atom is 0.352 e. The molecular formula is C18H17N5O6S2. The molecule has 1 aromatic heterocycles. The standard InChI is InChI=1S/C18H17N5O6S2/c1-2-8-5-30-16-12(15(26)23(16)13(8)17(27)28)21-14(25)11(22-29-9-3-4-9)10-6-31-18(20-10)19-7-24/h2,6-7,9,12,16H,1,3-5H2,(H,21,25)(H,27,28)(H,19,20,24)/b22-11-/t12-,16-/m1/s1. The van der Waals surface area contributed by atoms with Gasteiger partial charge < -0.3 is 20.6 Å². The first-order valence-electron chi connectivity index (χ1n) is 9.19. The fraction of sp³-hybridized carbons (Fsp3) is 0.333. The van der Waals surface area contributed by atoms with E-state index in [2.05, 4.69) is 27.4 Å². The number of hydrogen-bond acceptors (Lipinski definition) is 9. The summed E-state index contributed by atoms with van der Waals surface area (Å²) in [4.78, 5) is 58.4. The summed E-state index contributed by atoms with van der Waals surface area (Å²) in [6.07, 6.45) is 3.48. The van der Waals surface area contributed by atoms with E-state index in [1.165, 1.54) is 23.2 Å². The quantitative estimate of drug-likeness (QED) is 0.208. The fourth-order valence-corrected chi connectivity index (χ4v) is 5.01. The third kappa shape index (κ3) is 4.05. The summed E-state index contributed by atoms with van der Waals surface area (Å²) in [6.45, 7) is 3.60. The molecule has 162 valence electrons. The minimum Gasteiger partial charge on any atom is -0.477 e. The van der Waals surface area contributed by atoms with Crippen LogP contribution in [0.1, 0.15) is 18.5 Å². The van der Waals surface area contributed by atoms with Crippen molar-refractivity contribution in [3.8, 4) is 0 Å². The van der Waals surface area contributed by atoms with E-state index in [1.807, 2.05) is 0 Å². The second-order valence-electron chi connectivity index (χ2n) is 6.79. The van der Waals surface area contributed by atoms with Crippen molar-refractivity contribution in [2.45, 2.75) is 30.4 Å². The van der Waals surface area contributed by atoms with E-state index >= 15 is 0 Å². The summed E-state index contributed by atoms with van der Waals surface area (Å²) in [5, 5.41) is 19.7. The number of allylic oxidation sites excluding steroid dienone is 1. The Bertz CT molecular complexity index is 1030. The molecule has 0 bridgehead atoms. The number of thiazole rings is 1. The smallest absolute Gasteiger partial charge is 0.352 e. The number of aliphatic carboxylic acids is 1. The number of nitrogens with one attached hydrogen (secondary N) is 2. The molecule has 2 fully saturated rings. The zero-order chi connectivity index (χ0) is 22.1. The van der Waals surface area contributed by atoms with E-state index in [9.17, 15) is 24.3 Å². The number of nitrogens with zero attached hydrogens (tertiary/aromatic N) is 3. The van der Waals surface area contributed by atoms with Crippen LogP contribution in [0.2, 0.25) is 0 Å². The van der Waals surface area contributed by atoms with Gasteiger partial charge in [0.1, 0.15) is 28.9 Å². The Morgan fingerprint density at radius 3 is 2.84 bits per heavy atom. The van der Waals surface area contributed by atoms with Crippen molar-refractivity contribution < 1.29 is 29.1 Å². The third-order valence-corrected chi connectivity index (χ3v) is 6.77. The maximum atomic E-state index is 12.9. The lowest BCUT2D eigenvalue weighted by atomic mass is 10.0. The summed E-state index contributed by atoms with van der Waals surface area (Å²) in [5.74, 6) is -2.09. The molecule has 0 unspecified atom stereocenters. The highest BCUT2D eigenvalue weighted by Crippen LogP contribution is 2.40. The lowest BCUT2D eigenvalue weighted by Gasteiger charge is -2.49. The first-order valence-corrected chi connectivity index (χ1v) is 11.1. The molecule has 1 saturated heterocycles. The fourth-order valence-electron chi connectivity index (χ4n) is 3.01. The van der Waals surface area contributed by atoms with Crippen molar-refractivity contribution in [2.75, 3.05) is 11.1 Å². The first-order chi connectivity index (χ1) is 14.9. The normalized spacial score (nSPS) is 22.9. The van der Waals surface area contributed by atoms with Gasteiger partial charge in [0.15, 0.2) is 10.8 Å². The van der Waals surface area contributed by atoms with Crippen molar-refractivity contribution in [3.63, 3.8) is 0 Å². The number of carboxylic acid groups (broad SMARTS) is 1. The minimum atomic E-state index is -1.23. The van der Waals surface area contributed by atoms with E-state index in [4.69, 9.17) is 4.84 Å². The Kier molecular flexibility index (Phi) is 5.78. The van der Waals surface area contributed by atoms with E-state index in [1.54, 1.807) is 0 Å². The Morgan fingerprint density at radius 2 is 2.19 bits per heavy atom. The van der Waals surface area contributed by atoms with E-state index < -0.39 is 29.2 Å². The van der Waals surface area contributed by atoms with Gasteiger partial charge in [0.05, 0.1) is 0 Å². The molecule has 0 aromatic carbocycles. The molecule has 3 heterocycles. The van der Waals surface area contributed by atoms with Gasteiger partial charge in [0.25, 0.3) is 11.8 Å². The van der Waals surface area contributed by atoms with E-state index in [-0.39, 0.29) is 28.3 Å². The molecule has 13 heteroatoms. The number of thioether (sulfide) groups is 1. The second kappa shape index (κ2) is 8.51. The molecule has 1 aromatic rings. The largest absolute Gasteiger partial charge is 0.477 e. The zero-order valence-corrected chi connectivity index (χ0v) is 17.6. The summed E-state index contributed by atoms with van der Waals surface area (Å²) >= 11 is 2.43. The molecule has 3 N–H and O–H groups in total. The molecule has 4 rings (SSSR count). The topological polar surface area (TPSA) is 150 Å². The van der Waals surface area contributed by atoms with Crippen LogP contribution in [0.4, 0.5) is 5.13 Å². The van der Waals surface area contributed by atoms with Crippen LogP contribution in [0, 0.1) is 0 Å². The summed E-state index contributed by atoms with van der Waals surface area (Å²) in [6, 6.07) is -0.921. The van der Waals surface area contributed by atoms with Gasteiger partial charge in [-0.25, -0.2) is 9.78 Å². The zero-order valence-electron chi connectivity index (χ0n) is 15.9. The number of amides is 3. The van der Waals surface area contributed by atoms with Crippen LogP contribution in [0.15, 0.2) is 34.5 Å². The maximum absolute atomic E-state index is 12.9. The molecule has 2 atom stereocenters. The van der Waals surface area contributed by atoms with Gasteiger partial charge in [-0.05, 0) is 18.4 Å². The Labute approximate surface area is 184 Å². The number of aromatic nitrogens is 1. The second-order valence-corrected chi connectivity index (χ2v) is 8.75. The molecule has 11 nitrogen and oxygen atoms in total. The summed E-state index contributed by atoms with van der Waals surface area (Å²) in [7, 11) is 0. The van der Waals surface area contributed by atoms with E-state index in [0.29, 0.717) is 17.7 Å². The number of oxime groups is 1. The van der Waals surface area contributed by atoms with Gasteiger partial charge in [-0.1, -0.05) is 17.8 Å². The predicted molar refractivity (Wildman–Crippen MR) is 112 cm³/mol. The number of carbonyl (C=O) groups is 4. The van der Waals surface area contributed by atoms with Gasteiger partial charge in [-0.2, -0.15) is 0 Å². The molecule has 2 aliphatic heterocycles. The van der Waals surface area contributed by atoms with Crippen LogP contribution in [0.25, 0.3) is 0 Å². The first kappa shape index (κ1) is 21.1. The molecular weight excluding hydrogens is 446 g/mol. The predicted octanol–water partition coefficient (Wildman–Crippen LogP) is 0.519. The van der Waals surface area contributed by atoms with Crippen molar-refractivity contribution >= 4 is 58.1 Å². The van der Waals surface area contributed by atoms with Crippen LogP contribution < -0.4 is 10.6 Å². The molecule has 1 aliphatic carbocycles. The highest BCUT2D eigenvalue weighted by molar-refractivity contribution is 8.00. The third-order valence-electron chi connectivity index (χ3n) is 4.70. The monoisotopic (exact) mass is 463 g/mol. The van der Waals surface area contributed by atoms with Gasteiger partial charge >= 0.3 is 5.97 Å². The van der Waals surface area contributed by atoms with Gasteiger partial charge in [0.2, 0.25) is 6.41 Å². The molecule has 3 aliphatic rings. The summed E-state index contributed by atoms with van der Waals surface area (Å²) < 4.78 is 0. The van der Waals surface area contributed by atoms with Crippen molar-refractivity contribution in [1.29, 1.82) is 0 Å². The molecule has 31 heavy (non-hydrogen) atoms. The molecule has 1 saturated carbocycles. The Balaban J connectivity index is 1.53. The number of β-lactam (4-membered cyclic amide) rings is 1. The van der Waals surface area contributed by atoms with Crippen LogP contribution in [-0.4, -0.2) is 68.2 Å². The SMILES string of the molecule is C=CC1=C(C(=O)O)N2C(=O)[C@@H](NC(=O)/C(=N\OC3CC3)c3csc(NC=O)n3)[C@H]2SC1. The van der Waals surface area contributed by atoms with Crippen LogP contribution in [0.5, 0.6) is 0 Å². The van der Waals surface area contributed by atoms with Crippen LogP contribution >= 0.6 is 23.1 Å². The number of carboxylic acids is 1. The van der Waals surface area contributed by atoms with Crippen molar-refractivity contribution in [1.82, 2.24) is 15.2 Å². The highest BCUT2D eigenvalue weighted by atomic mass is 32.2. The number of hydrogen-bond donors (Lipinski definition) is 3. The van der Waals surface area contributed by atoms with Gasteiger partial charge in [-0.3, -0.25) is 19.3 Å². The van der Waals surface area contributed by atoms with Crippen molar-refractivity contribution in [3.05, 3.63) is 35.0 Å². The van der Waals surface area contributed by atoms with Gasteiger partial charge in [0, 0.05) is 11.1 Å². The van der Waals surface area contributed by atoms with E-state index in [0.717, 1.165) is 29.1 Å². The number of anilines is 1. The summed E-state index contributed by atoms with van der Waals surface area (Å²) in [5.41, 5.74) is 0.386. The van der Waals surface area contributed by atoms with Crippen LogP contribution in [0.3, 0.4) is 0 Å². The van der Waals surface area contributed by atoms with Gasteiger partial charge in [-0.15, -0.1) is 23.1 Å². The lowest BCUT2D eigenvalue weighted by Crippen LogP contribution is -2.71. The number of carbonyl (C=O) groups excluding carboxylic acids is 3. The molecule has 0 radical (unpaired) electrons. The Hall–Kier alpha value is -3.19. The molecule has 0 spiro atoms. The van der Waals surface area contributed by atoms with Crippen LogP contribution in [-0.2, 0) is 24.0 Å². The highest BCUT2D eigenvalue weighted by Gasteiger charge is 2.54. The molecule has 3 amide bonds. The Morgan fingerprint density at radius 1 is 1.42 bits per heavy atom. The number of fused-ring (bicyclic) bond motifs is 1. The average Bonchev–Trinajstić information content (AvgIpc) is 3.48. The lowest BCUT2D eigenvalue weighted by molar-refractivity contribution is -0.150. The average molecular weight is 463 g/mol. The minimum absolute atomic E-state index is 0.0654. The number of rotatable bonds is 9. The van der Waals surface area contributed by atoms with Crippen molar-refractivity contribution in [2.24, 2.45) is 5.16 Å².